The zero-order chi connectivity index (χ0) is 12.5. The first kappa shape index (κ1) is 13.7. The summed E-state index contributed by atoms with van der Waals surface area (Å²) in [4.78, 5) is 0.821. The van der Waals surface area contributed by atoms with E-state index in [2.05, 4.69) is 18.8 Å². The van der Waals surface area contributed by atoms with Crippen molar-refractivity contribution in [2.75, 3.05) is 0 Å². The third-order valence-corrected chi connectivity index (χ3v) is 3.41. The molecular formula is C15H18OS. The van der Waals surface area contributed by atoms with E-state index in [4.69, 9.17) is 0 Å². The fraction of sp³-hybridized carbons (Fsp3) is 0.333. The molecule has 0 saturated heterocycles. The lowest BCUT2D eigenvalue weighted by molar-refractivity contribution is 0.688. The van der Waals surface area contributed by atoms with Crippen LogP contribution in [-0.4, -0.2) is 4.21 Å². The van der Waals surface area contributed by atoms with Gasteiger partial charge < -0.3 is 0 Å². The lowest BCUT2D eigenvalue weighted by Gasteiger charge is -1.96. The van der Waals surface area contributed by atoms with Gasteiger partial charge in [0, 0.05) is 16.7 Å². The quantitative estimate of drug-likeness (QED) is 0.583. The summed E-state index contributed by atoms with van der Waals surface area (Å²) in [5.74, 6) is 5.94. The topological polar surface area (TPSA) is 17.1 Å². The van der Waals surface area contributed by atoms with Gasteiger partial charge in [0.2, 0.25) is 0 Å². The first-order valence-corrected chi connectivity index (χ1v) is 7.07. The van der Waals surface area contributed by atoms with E-state index < -0.39 is 10.8 Å². The Morgan fingerprint density at radius 3 is 2.65 bits per heavy atom. The number of allylic oxidation sites excluding steroid dienone is 1. The van der Waals surface area contributed by atoms with Crippen molar-refractivity contribution in [3.05, 3.63) is 41.3 Å². The summed E-state index contributed by atoms with van der Waals surface area (Å²) < 4.78 is 11.8. The van der Waals surface area contributed by atoms with Crippen LogP contribution in [0.25, 0.3) is 0 Å². The van der Waals surface area contributed by atoms with Crippen molar-refractivity contribution in [1.29, 1.82) is 0 Å². The van der Waals surface area contributed by atoms with E-state index >= 15 is 0 Å². The van der Waals surface area contributed by atoms with Crippen LogP contribution >= 0.6 is 0 Å². The highest BCUT2D eigenvalue weighted by Gasteiger charge is 1.97. The molecule has 1 atom stereocenters. The molecule has 2 heteroatoms. The molecule has 0 saturated carbocycles. The standard InChI is InChI=1S/C15H18OS/c1-3-4-5-6-7-8-13-17(16)15-11-9-14(2)10-12-15/h8-13H,3-5H2,1-2H3/t17-/m1/s1. The average molecular weight is 246 g/mol. The van der Waals surface area contributed by atoms with Crippen LogP contribution in [0.1, 0.15) is 31.7 Å². The molecule has 1 nitrogen and oxygen atoms in total. The SMILES string of the molecule is CCCCC#CC=C[S@@](=O)c1ccc(C)cc1. The van der Waals surface area contributed by atoms with Crippen LogP contribution in [0.4, 0.5) is 0 Å². The molecule has 0 aromatic heterocycles. The van der Waals surface area contributed by atoms with Crippen molar-refractivity contribution in [3.63, 3.8) is 0 Å². The van der Waals surface area contributed by atoms with Crippen LogP contribution < -0.4 is 0 Å². The van der Waals surface area contributed by atoms with E-state index in [0.717, 1.165) is 24.2 Å². The van der Waals surface area contributed by atoms with Gasteiger partial charge in [-0.15, -0.1) is 0 Å². The molecule has 0 aliphatic heterocycles. The third-order valence-electron chi connectivity index (χ3n) is 2.29. The highest BCUT2D eigenvalue weighted by atomic mass is 32.2. The predicted octanol–water partition coefficient (Wildman–Crippen LogP) is 3.81. The fourth-order valence-electron chi connectivity index (χ4n) is 1.24. The van der Waals surface area contributed by atoms with Crippen LogP contribution in [0.15, 0.2) is 40.6 Å². The van der Waals surface area contributed by atoms with Crippen molar-refractivity contribution in [1.82, 2.24) is 0 Å². The second kappa shape index (κ2) is 7.86. The molecule has 0 N–H and O–H groups in total. The third kappa shape index (κ3) is 5.51. The molecule has 0 spiro atoms. The predicted molar refractivity (Wildman–Crippen MR) is 74.0 cm³/mol. The Bertz CT molecular complexity index is 446. The summed E-state index contributed by atoms with van der Waals surface area (Å²) in [6, 6.07) is 7.71. The Hall–Kier alpha value is -1.33. The molecule has 1 aromatic carbocycles. The second-order valence-electron chi connectivity index (χ2n) is 3.84. The van der Waals surface area contributed by atoms with Gasteiger partial charge in [-0.25, -0.2) is 4.21 Å². The number of aryl methyl sites for hydroxylation is 1. The second-order valence-corrected chi connectivity index (χ2v) is 5.18. The van der Waals surface area contributed by atoms with Crippen molar-refractivity contribution in [3.8, 4) is 11.8 Å². The lowest BCUT2D eigenvalue weighted by atomic mass is 10.2. The van der Waals surface area contributed by atoms with E-state index in [9.17, 15) is 4.21 Å². The largest absolute Gasteiger partial charge is 0.250 e. The Morgan fingerprint density at radius 2 is 2.00 bits per heavy atom. The van der Waals surface area contributed by atoms with Gasteiger partial charge in [0.1, 0.15) is 0 Å². The lowest BCUT2D eigenvalue weighted by Crippen LogP contribution is -1.85. The van der Waals surface area contributed by atoms with Gasteiger partial charge >= 0.3 is 0 Å². The van der Waals surface area contributed by atoms with Crippen LogP contribution in [0, 0.1) is 18.8 Å². The molecule has 0 amide bonds. The summed E-state index contributed by atoms with van der Waals surface area (Å²) in [7, 11) is -1.08. The molecule has 0 fully saturated rings. The van der Waals surface area contributed by atoms with Gasteiger partial charge in [0.05, 0.1) is 10.8 Å². The van der Waals surface area contributed by atoms with E-state index in [1.54, 1.807) is 11.5 Å². The minimum absolute atomic E-state index is 0.821. The minimum atomic E-state index is -1.08. The van der Waals surface area contributed by atoms with Crippen LogP contribution in [0.2, 0.25) is 0 Å². The molecule has 0 bridgehead atoms. The Morgan fingerprint density at radius 1 is 1.29 bits per heavy atom. The zero-order valence-electron chi connectivity index (χ0n) is 10.4. The maximum absolute atomic E-state index is 11.8. The molecule has 0 radical (unpaired) electrons. The maximum Gasteiger partial charge on any atom is 0.0782 e. The molecule has 17 heavy (non-hydrogen) atoms. The summed E-state index contributed by atoms with van der Waals surface area (Å²) >= 11 is 0. The summed E-state index contributed by atoms with van der Waals surface area (Å²) in [6.07, 6.45) is 4.89. The first-order chi connectivity index (χ1) is 8.24. The van der Waals surface area contributed by atoms with Gasteiger partial charge in [0.15, 0.2) is 0 Å². The van der Waals surface area contributed by atoms with Crippen molar-refractivity contribution in [2.24, 2.45) is 0 Å². The van der Waals surface area contributed by atoms with Gasteiger partial charge in [-0.1, -0.05) is 42.9 Å². The number of unbranched alkanes of at least 4 members (excludes halogenated alkanes) is 2. The Labute approximate surface area is 106 Å². The maximum atomic E-state index is 11.8. The summed E-state index contributed by atoms with van der Waals surface area (Å²) in [5, 5.41) is 1.64. The molecule has 0 aliphatic carbocycles. The Balaban J connectivity index is 2.50. The van der Waals surface area contributed by atoms with Crippen molar-refractivity contribution >= 4 is 10.8 Å². The molecule has 1 aromatic rings. The van der Waals surface area contributed by atoms with Crippen LogP contribution in [-0.2, 0) is 10.8 Å². The van der Waals surface area contributed by atoms with Gasteiger partial charge in [-0.2, -0.15) is 0 Å². The fourth-order valence-corrected chi connectivity index (χ4v) is 2.00. The molecular weight excluding hydrogens is 228 g/mol. The molecule has 0 aliphatic rings. The molecule has 90 valence electrons. The van der Waals surface area contributed by atoms with E-state index in [0.29, 0.717) is 0 Å². The smallest absolute Gasteiger partial charge is 0.0782 e. The Kier molecular flexibility index (Phi) is 6.35. The van der Waals surface area contributed by atoms with Crippen LogP contribution in [0.3, 0.4) is 0 Å². The highest BCUT2D eigenvalue weighted by Crippen LogP contribution is 2.08. The first-order valence-electron chi connectivity index (χ1n) is 5.86. The highest BCUT2D eigenvalue weighted by molar-refractivity contribution is 7.88. The number of benzene rings is 1. The number of hydrogen-bond acceptors (Lipinski definition) is 1. The van der Waals surface area contributed by atoms with Crippen molar-refractivity contribution in [2.45, 2.75) is 38.0 Å². The van der Waals surface area contributed by atoms with Crippen LogP contribution in [0.5, 0.6) is 0 Å². The van der Waals surface area contributed by atoms with E-state index in [-0.39, 0.29) is 0 Å². The average Bonchev–Trinajstić information content (AvgIpc) is 2.34. The minimum Gasteiger partial charge on any atom is -0.250 e. The molecule has 1 rings (SSSR count). The molecule has 0 heterocycles. The van der Waals surface area contributed by atoms with Gasteiger partial charge in [0.25, 0.3) is 0 Å². The molecule has 0 unspecified atom stereocenters. The zero-order valence-corrected chi connectivity index (χ0v) is 11.2. The van der Waals surface area contributed by atoms with Gasteiger partial charge in [-0.05, 0) is 31.6 Å². The monoisotopic (exact) mass is 246 g/mol. The van der Waals surface area contributed by atoms with Gasteiger partial charge in [-0.3, -0.25) is 0 Å². The number of hydrogen-bond donors (Lipinski definition) is 0. The van der Waals surface area contributed by atoms with E-state index in [1.165, 1.54) is 5.56 Å². The summed E-state index contributed by atoms with van der Waals surface area (Å²) in [5.41, 5.74) is 1.18. The normalized spacial score (nSPS) is 12.1. The van der Waals surface area contributed by atoms with Crippen molar-refractivity contribution < 1.29 is 4.21 Å². The van der Waals surface area contributed by atoms with E-state index in [1.807, 2.05) is 31.2 Å². The number of rotatable bonds is 4. The summed E-state index contributed by atoms with van der Waals surface area (Å²) in [6.45, 7) is 4.16.